The van der Waals surface area contributed by atoms with E-state index in [1.807, 2.05) is 30.3 Å². The van der Waals surface area contributed by atoms with E-state index in [0.29, 0.717) is 6.54 Å². The van der Waals surface area contributed by atoms with Crippen LogP contribution in [0.3, 0.4) is 0 Å². The van der Waals surface area contributed by atoms with E-state index in [0.717, 1.165) is 18.4 Å². The van der Waals surface area contributed by atoms with Crippen LogP contribution in [0.5, 0.6) is 0 Å². The molecule has 2 aliphatic carbocycles. The molecule has 0 amide bonds. The smallest absolute Gasteiger partial charge is 0.0983 e. The summed E-state index contributed by atoms with van der Waals surface area (Å²) in [4.78, 5) is 0. The van der Waals surface area contributed by atoms with Gasteiger partial charge in [0.05, 0.1) is 12.2 Å². The van der Waals surface area contributed by atoms with Gasteiger partial charge in [0, 0.05) is 18.7 Å². The van der Waals surface area contributed by atoms with Crippen LogP contribution >= 0.6 is 0 Å². The Kier molecular flexibility index (Phi) is 3.35. The molecule has 0 saturated heterocycles. The van der Waals surface area contributed by atoms with Crippen molar-refractivity contribution in [1.82, 2.24) is 5.32 Å². The van der Waals surface area contributed by atoms with Crippen LogP contribution in [0.15, 0.2) is 30.3 Å². The summed E-state index contributed by atoms with van der Waals surface area (Å²) in [6.07, 6.45) is 0.0327. The van der Waals surface area contributed by atoms with Crippen LogP contribution in [0, 0.1) is 11.8 Å². The van der Waals surface area contributed by atoms with Gasteiger partial charge in [-0.15, -0.1) is 0 Å². The lowest BCUT2D eigenvalue weighted by Gasteiger charge is -2.37. The molecule has 0 aromatic heterocycles. The summed E-state index contributed by atoms with van der Waals surface area (Å²) >= 11 is 0. The number of hydrogen-bond acceptors (Lipinski definition) is 4. The zero-order chi connectivity index (χ0) is 13.5. The number of rotatable bonds is 4. The summed E-state index contributed by atoms with van der Waals surface area (Å²) in [5.74, 6) is 0.116. The molecule has 3 rings (SSSR count). The van der Waals surface area contributed by atoms with Crippen molar-refractivity contribution < 1.29 is 15.3 Å². The van der Waals surface area contributed by atoms with Gasteiger partial charge in [0.15, 0.2) is 0 Å². The van der Waals surface area contributed by atoms with Gasteiger partial charge in [-0.3, -0.25) is 0 Å². The molecule has 0 heterocycles. The Labute approximate surface area is 113 Å². The number of aliphatic hydroxyl groups is 3. The van der Waals surface area contributed by atoms with Crippen molar-refractivity contribution in [2.75, 3.05) is 6.61 Å². The largest absolute Gasteiger partial charge is 0.396 e. The SMILES string of the molecule is OC[C@H]1C[C@@]2(NCc3ccccc3)C[C@@H]1[C@H](O)[C@@H]2O. The molecular formula is C15H21NO3. The third kappa shape index (κ3) is 2.09. The second kappa shape index (κ2) is 4.87. The van der Waals surface area contributed by atoms with Crippen molar-refractivity contribution in [2.45, 2.75) is 37.1 Å². The van der Waals surface area contributed by atoms with E-state index in [1.54, 1.807) is 0 Å². The van der Waals surface area contributed by atoms with Gasteiger partial charge in [-0.1, -0.05) is 30.3 Å². The average Bonchev–Trinajstić information content (AvgIpc) is 2.94. The third-order valence-electron chi connectivity index (χ3n) is 4.88. The molecule has 19 heavy (non-hydrogen) atoms. The summed E-state index contributed by atoms with van der Waals surface area (Å²) in [6, 6.07) is 10.0. The number of nitrogens with one attached hydrogen (secondary N) is 1. The molecule has 2 bridgehead atoms. The predicted molar refractivity (Wildman–Crippen MR) is 71.3 cm³/mol. The van der Waals surface area contributed by atoms with Crippen molar-refractivity contribution >= 4 is 0 Å². The third-order valence-corrected chi connectivity index (χ3v) is 4.88. The standard InChI is InChI=1S/C15H21NO3/c17-9-11-6-15(7-12(11)13(18)14(15)19)16-8-10-4-2-1-3-5-10/h1-5,11-14,16-19H,6-9H2/t11-,12+,13+,14+,15-/m1/s1. The van der Waals surface area contributed by atoms with Crippen molar-refractivity contribution in [3.63, 3.8) is 0 Å². The summed E-state index contributed by atoms with van der Waals surface area (Å²) in [5.41, 5.74) is 0.724. The van der Waals surface area contributed by atoms with Crippen LogP contribution < -0.4 is 5.32 Å². The molecule has 1 aromatic carbocycles. The molecule has 2 fully saturated rings. The van der Waals surface area contributed by atoms with Gasteiger partial charge in [0.2, 0.25) is 0 Å². The minimum atomic E-state index is -0.732. The van der Waals surface area contributed by atoms with E-state index in [-0.39, 0.29) is 18.4 Å². The number of hydrogen-bond donors (Lipinski definition) is 4. The monoisotopic (exact) mass is 263 g/mol. The van der Waals surface area contributed by atoms with Crippen LogP contribution in [0.2, 0.25) is 0 Å². The van der Waals surface area contributed by atoms with E-state index in [9.17, 15) is 15.3 Å². The molecule has 1 aromatic rings. The fraction of sp³-hybridized carbons (Fsp3) is 0.600. The molecule has 0 radical (unpaired) electrons. The summed E-state index contributed by atoms with van der Waals surface area (Å²) in [7, 11) is 0. The number of aliphatic hydroxyl groups excluding tert-OH is 3. The Balaban J connectivity index is 1.72. The molecule has 0 spiro atoms. The lowest BCUT2D eigenvalue weighted by molar-refractivity contribution is -0.0581. The molecule has 0 aliphatic heterocycles. The Hall–Kier alpha value is -0.940. The molecule has 0 unspecified atom stereocenters. The van der Waals surface area contributed by atoms with Crippen LogP contribution in [-0.2, 0) is 6.54 Å². The van der Waals surface area contributed by atoms with Gasteiger partial charge < -0.3 is 20.6 Å². The zero-order valence-corrected chi connectivity index (χ0v) is 10.9. The van der Waals surface area contributed by atoms with Gasteiger partial charge >= 0.3 is 0 Å². The first-order valence-corrected chi connectivity index (χ1v) is 6.92. The highest BCUT2D eigenvalue weighted by Crippen LogP contribution is 2.51. The zero-order valence-electron chi connectivity index (χ0n) is 10.9. The number of fused-ring (bicyclic) bond motifs is 2. The first-order chi connectivity index (χ1) is 9.16. The Morgan fingerprint density at radius 3 is 2.58 bits per heavy atom. The highest BCUT2D eigenvalue weighted by Gasteiger charge is 2.60. The highest BCUT2D eigenvalue weighted by atomic mass is 16.3. The molecule has 104 valence electrons. The van der Waals surface area contributed by atoms with Gasteiger partial charge in [0.25, 0.3) is 0 Å². The van der Waals surface area contributed by atoms with Crippen LogP contribution in [0.25, 0.3) is 0 Å². The van der Waals surface area contributed by atoms with Crippen LogP contribution in [0.1, 0.15) is 18.4 Å². The minimum absolute atomic E-state index is 0.0169. The second-order valence-electron chi connectivity index (χ2n) is 5.95. The van der Waals surface area contributed by atoms with Crippen molar-refractivity contribution in [2.24, 2.45) is 11.8 Å². The Bertz CT molecular complexity index is 432. The van der Waals surface area contributed by atoms with Gasteiger partial charge in [-0.05, 0) is 30.2 Å². The molecule has 4 heteroatoms. The molecular weight excluding hydrogens is 242 g/mol. The number of benzene rings is 1. The van der Waals surface area contributed by atoms with E-state index < -0.39 is 17.7 Å². The quantitative estimate of drug-likeness (QED) is 0.629. The predicted octanol–water partition coefficient (Wildman–Crippen LogP) is 0.269. The normalized spacial score (nSPS) is 40.8. The van der Waals surface area contributed by atoms with Gasteiger partial charge in [-0.2, -0.15) is 0 Å². The fourth-order valence-electron chi connectivity index (χ4n) is 3.81. The molecule has 5 atom stereocenters. The van der Waals surface area contributed by atoms with E-state index in [4.69, 9.17) is 0 Å². The molecule has 4 N–H and O–H groups in total. The fourth-order valence-corrected chi connectivity index (χ4v) is 3.81. The summed E-state index contributed by atoms with van der Waals surface area (Å²) < 4.78 is 0. The van der Waals surface area contributed by atoms with Crippen molar-refractivity contribution in [1.29, 1.82) is 0 Å². The van der Waals surface area contributed by atoms with E-state index >= 15 is 0 Å². The highest BCUT2D eigenvalue weighted by molar-refractivity contribution is 5.19. The van der Waals surface area contributed by atoms with Gasteiger partial charge in [0.1, 0.15) is 0 Å². The lowest BCUT2D eigenvalue weighted by atomic mass is 9.82. The molecule has 2 saturated carbocycles. The maximum absolute atomic E-state index is 10.2. The second-order valence-corrected chi connectivity index (χ2v) is 5.95. The maximum atomic E-state index is 10.2. The Morgan fingerprint density at radius 2 is 1.89 bits per heavy atom. The van der Waals surface area contributed by atoms with Crippen molar-refractivity contribution in [3.05, 3.63) is 35.9 Å². The van der Waals surface area contributed by atoms with E-state index in [2.05, 4.69) is 5.32 Å². The first kappa shape index (κ1) is 13.1. The minimum Gasteiger partial charge on any atom is -0.396 e. The van der Waals surface area contributed by atoms with Crippen LogP contribution in [0.4, 0.5) is 0 Å². The molecule has 2 aliphatic rings. The lowest BCUT2D eigenvalue weighted by Crippen LogP contribution is -2.55. The van der Waals surface area contributed by atoms with E-state index in [1.165, 1.54) is 0 Å². The topological polar surface area (TPSA) is 72.7 Å². The van der Waals surface area contributed by atoms with Gasteiger partial charge in [-0.25, -0.2) is 0 Å². The summed E-state index contributed by atoms with van der Waals surface area (Å²) in [6.45, 7) is 0.763. The Morgan fingerprint density at radius 1 is 1.16 bits per heavy atom. The maximum Gasteiger partial charge on any atom is 0.0983 e. The first-order valence-electron chi connectivity index (χ1n) is 6.92. The average molecular weight is 263 g/mol. The van der Waals surface area contributed by atoms with Crippen LogP contribution in [-0.4, -0.2) is 39.7 Å². The molecule has 4 nitrogen and oxygen atoms in total. The van der Waals surface area contributed by atoms with Crippen molar-refractivity contribution in [3.8, 4) is 0 Å². The summed E-state index contributed by atoms with van der Waals surface area (Å²) in [5, 5.41) is 33.1.